The van der Waals surface area contributed by atoms with Gasteiger partial charge >= 0.3 is 0 Å². The summed E-state index contributed by atoms with van der Waals surface area (Å²) >= 11 is 0. The Balaban J connectivity index is 2.98. The first kappa shape index (κ1) is 16.6. The number of nitrogens with one attached hydrogen (secondary N) is 2. The molecule has 0 saturated carbocycles. The second-order valence-corrected chi connectivity index (χ2v) is 7.98. The van der Waals surface area contributed by atoms with Crippen LogP contribution >= 0.6 is 0 Å². The Bertz CT molecular complexity index is 557. The fourth-order valence-corrected chi connectivity index (χ4v) is 1.94. The van der Waals surface area contributed by atoms with Crippen molar-refractivity contribution in [3.63, 3.8) is 0 Å². The molecule has 0 saturated heterocycles. The Morgan fingerprint density at radius 3 is 2.40 bits per heavy atom. The van der Waals surface area contributed by atoms with Crippen molar-refractivity contribution < 1.29 is 8.42 Å². The summed E-state index contributed by atoms with van der Waals surface area (Å²) in [4.78, 5) is 8.24. The van der Waals surface area contributed by atoms with E-state index in [0.29, 0.717) is 11.6 Å². The molecule has 1 aromatic rings. The van der Waals surface area contributed by atoms with Gasteiger partial charge in [-0.15, -0.1) is 0 Å². The lowest BCUT2D eigenvalue weighted by molar-refractivity contribution is 0.559. The molecule has 1 rings (SSSR count). The number of sulfone groups is 1. The Morgan fingerprint density at radius 2 is 1.90 bits per heavy atom. The maximum Gasteiger partial charge on any atom is 0.154 e. The van der Waals surface area contributed by atoms with Crippen molar-refractivity contribution in [2.24, 2.45) is 5.84 Å². The van der Waals surface area contributed by atoms with Crippen LogP contribution in [0.25, 0.3) is 0 Å². The van der Waals surface area contributed by atoms with Gasteiger partial charge in [0.15, 0.2) is 9.84 Å². The molecule has 114 valence electrons. The summed E-state index contributed by atoms with van der Waals surface area (Å²) in [6.07, 6.45) is 4.28. The first-order chi connectivity index (χ1) is 9.23. The highest BCUT2D eigenvalue weighted by molar-refractivity contribution is 7.92. The van der Waals surface area contributed by atoms with Crippen LogP contribution < -0.4 is 16.6 Å². The highest BCUT2D eigenvalue weighted by Crippen LogP contribution is 2.23. The standard InChI is InChI=1S/C12H23N5O2S/c1-5-6-9-10(15-8-16-11(9)17-13)14-7-12(2,3)20(4,18)19/h8H,5-7,13H2,1-4H3,(H2,14,15,16,17). The first-order valence-corrected chi connectivity index (χ1v) is 8.36. The summed E-state index contributed by atoms with van der Waals surface area (Å²) in [6.45, 7) is 5.66. The van der Waals surface area contributed by atoms with Crippen molar-refractivity contribution in [3.05, 3.63) is 11.9 Å². The average Bonchev–Trinajstić information content (AvgIpc) is 2.36. The van der Waals surface area contributed by atoms with Gasteiger partial charge in [0.25, 0.3) is 0 Å². The van der Waals surface area contributed by atoms with Gasteiger partial charge in [-0.3, -0.25) is 0 Å². The Morgan fingerprint density at radius 1 is 1.30 bits per heavy atom. The minimum atomic E-state index is -3.16. The van der Waals surface area contributed by atoms with Crippen LogP contribution in [0, 0.1) is 0 Å². The van der Waals surface area contributed by atoms with Crippen LogP contribution in [0.2, 0.25) is 0 Å². The van der Waals surface area contributed by atoms with E-state index >= 15 is 0 Å². The lowest BCUT2D eigenvalue weighted by Gasteiger charge is -2.24. The zero-order chi connectivity index (χ0) is 15.4. The third-order valence-electron chi connectivity index (χ3n) is 3.27. The highest BCUT2D eigenvalue weighted by atomic mass is 32.2. The SMILES string of the molecule is CCCc1c(NN)ncnc1NCC(C)(C)S(C)(=O)=O. The smallest absolute Gasteiger partial charge is 0.154 e. The van der Waals surface area contributed by atoms with Crippen LogP contribution in [0.3, 0.4) is 0 Å². The van der Waals surface area contributed by atoms with Crippen LogP contribution in [0.4, 0.5) is 11.6 Å². The van der Waals surface area contributed by atoms with E-state index in [-0.39, 0.29) is 6.54 Å². The molecule has 0 aromatic carbocycles. The summed E-state index contributed by atoms with van der Waals surface area (Å²) in [7, 11) is -3.16. The van der Waals surface area contributed by atoms with Crippen molar-refractivity contribution in [2.45, 2.75) is 38.4 Å². The van der Waals surface area contributed by atoms with Crippen LogP contribution in [0.15, 0.2) is 6.33 Å². The molecular formula is C12H23N5O2S. The van der Waals surface area contributed by atoms with Gasteiger partial charge in [0.2, 0.25) is 0 Å². The lowest BCUT2D eigenvalue weighted by Crippen LogP contribution is -2.38. The van der Waals surface area contributed by atoms with Gasteiger partial charge in [-0.2, -0.15) is 0 Å². The predicted molar refractivity (Wildman–Crippen MR) is 81.2 cm³/mol. The van der Waals surface area contributed by atoms with Gasteiger partial charge in [0, 0.05) is 18.4 Å². The van der Waals surface area contributed by atoms with Crippen molar-refractivity contribution in [3.8, 4) is 0 Å². The first-order valence-electron chi connectivity index (χ1n) is 6.47. The zero-order valence-corrected chi connectivity index (χ0v) is 13.2. The van der Waals surface area contributed by atoms with Crippen molar-refractivity contribution in [2.75, 3.05) is 23.5 Å². The number of rotatable bonds is 7. The van der Waals surface area contributed by atoms with Gasteiger partial charge in [-0.05, 0) is 20.3 Å². The summed E-state index contributed by atoms with van der Waals surface area (Å²) in [6, 6.07) is 0. The molecule has 0 fully saturated rings. The molecule has 0 amide bonds. The minimum absolute atomic E-state index is 0.267. The number of hydrazine groups is 1. The summed E-state index contributed by atoms with van der Waals surface area (Å²) in [5, 5.41) is 3.09. The zero-order valence-electron chi connectivity index (χ0n) is 12.4. The van der Waals surface area contributed by atoms with Gasteiger partial charge in [0.05, 0.1) is 4.75 Å². The molecule has 0 atom stereocenters. The van der Waals surface area contributed by atoms with E-state index in [1.54, 1.807) is 13.8 Å². The number of nitrogens with two attached hydrogens (primary N) is 1. The monoisotopic (exact) mass is 301 g/mol. The van der Waals surface area contributed by atoms with Crippen LogP contribution in [0.1, 0.15) is 32.8 Å². The van der Waals surface area contributed by atoms with Crippen LogP contribution in [-0.4, -0.2) is 35.9 Å². The quantitative estimate of drug-likeness (QED) is 0.508. The van der Waals surface area contributed by atoms with Crippen LogP contribution in [0.5, 0.6) is 0 Å². The molecule has 0 bridgehead atoms. The Hall–Kier alpha value is -1.41. The molecule has 4 N–H and O–H groups in total. The van der Waals surface area contributed by atoms with E-state index in [2.05, 4.69) is 20.7 Å². The van der Waals surface area contributed by atoms with E-state index in [4.69, 9.17) is 5.84 Å². The fraction of sp³-hybridized carbons (Fsp3) is 0.667. The summed E-state index contributed by atoms with van der Waals surface area (Å²) in [5.74, 6) is 6.61. The van der Waals surface area contributed by atoms with Crippen molar-refractivity contribution in [1.82, 2.24) is 9.97 Å². The summed E-state index contributed by atoms with van der Waals surface area (Å²) in [5.41, 5.74) is 3.40. The fourth-order valence-electron chi connectivity index (χ4n) is 1.60. The third kappa shape index (κ3) is 3.80. The molecule has 0 aliphatic carbocycles. The average molecular weight is 301 g/mol. The van der Waals surface area contributed by atoms with Gasteiger partial charge in [-0.1, -0.05) is 13.3 Å². The number of nitrogens with zero attached hydrogens (tertiary/aromatic N) is 2. The number of hydrogen-bond acceptors (Lipinski definition) is 7. The largest absolute Gasteiger partial charge is 0.368 e. The molecule has 0 radical (unpaired) electrons. The highest BCUT2D eigenvalue weighted by Gasteiger charge is 2.30. The molecule has 1 aromatic heterocycles. The third-order valence-corrected chi connectivity index (χ3v) is 5.42. The number of hydrogen-bond donors (Lipinski definition) is 3. The molecule has 20 heavy (non-hydrogen) atoms. The normalized spacial score (nSPS) is 12.2. The molecule has 0 unspecified atom stereocenters. The maximum absolute atomic E-state index is 11.7. The topological polar surface area (TPSA) is 110 Å². The van der Waals surface area contributed by atoms with E-state index in [1.807, 2.05) is 6.92 Å². The Kier molecular flexibility index (Phi) is 5.29. The molecule has 1 heterocycles. The maximum atomic E-state index is 11.7. The molecule has 7 nitrogen and oxygen atoms in total. The Labute approximate surface area is 120 Å². The van der Waals surface area contributed by atoms with Gasteiger partial charge < -0.3 is 10.7 Å². The molecule has 0 aliphatic rings. The molecular weight excluding hydrogens is 278 g/mol. The molecule has 0 spiro atoms. The van der Waals surface area contributed by atoms with Gasteiger partial charge in [-0.25, -0.2) is 24.2 Å². The van der Waals surface area contributed by atoms with E-state index < -0.39 is 14.6 Å². The summed E-state index contributed by atoms with van der Waals surface area (Å²) < 4.78 is 22.5. The van der Waals surface area contributed by atoms with E-state index in [9.17, 15) is 8.42 Å². The number of anilines is 2. The predicted octanol–water partition coefficient (Wildman–Crippen LogP) is 0.950. The minimum Gasteiger partial charge on any atom is -0.368 e. The van der Waals surface area contributed by atoms with Crippen LogP contribution in [-0.2, 0) is 16.3 Å². The number of aromatic nitrogens is 2. The second-order valence-electron chi connectivity index (χ2n) is 5.33. The van der Waals surface area contributed by atoms with Crippen molar-refractivity contribution >= 4 is 21.5 Å². The van der Waals surface area contributed by atoms with E-state index in [1.165, 1.54) is 12.6 Å². The lowest BCUT2D eigenvalue weighted by atomic mass is 10.1. The van der Waals surface area contributed by atoms with E-state index in [0.717, 1.165) is 18.4 Å². The van der Waals surface area contributed by atoms with Crippen molar-refractivity contribution in [1.29, 1.82) is 0 Å². The molecule has 0 aliphatic heterocycles. The van der Waals surface area contributed by atoms with Gasteiger partial charge in [0.1, 0.15) is 18.0 Å². The number of nitrogen functional groups attached to an aromatic ring is 1. The second kappa shape index (κ2) is 6.36. The molecule has 8 heteroatoms.